The third kappa shape index (κ3) is 6.51. The lowest BCUT2D eigenvalue weighted by Gasteiger charge is -2.37. The molecule has 1 aromatic rings. The van der Waals surface area contributed by atoms with Crippen LogP contribution in [-0.2, 0) is 11.3 Å². The van der Waals surface area contributed by atoms with Gasteiger partial charge in [-0.05, 0) is 24.5 Å². The molecule has 0 bridgehead atoms. The van der Waals surface area contributed by atoms with Gasteiger partial charge in [0.2, 0.25) is 5.91 Å². The van der Waals surface area contributed by atoms with Crippen LogP contribution in [0.25, 0.3) is 0 Å². The van der Waals surface area contributed by atoms with Crippen LogP contribution >= 0.6 is 11.8 Å². The second kappa shape index (κ2) is 8.15. The maximum absolute atomic E-state index is 12.1. The van der Waals surface area contributed by atoms with E-state index >= 15 is 0 Å². The minimum atomic E-state index is 0.134. The molecule has 2 rings (SSSR count). The minimum Gasteiger partial charge on any atom is -0.352 e. The van der Waals surface area contributed by atoms with E-state index in [0.717, 1.165) is 31.7 Å². The first-order valence-electron chi connectivity index (χ1n) is 8.39. The number of rotatable bonds is 5. The topological polar surface area (TPSA) is 45.2 Å². The first-order chi connectivity index (χ1) is 10.8. The Hall–Kier alpha value is -1.07. The van der Waals surface area contributed by atoms with Crippen molar-refractivity contribution >= 4 is 17.7 Å². The summed E-state index contributed by atoms with van der Waals surface area (Å²) in [7, 11) is 0. The molecule has 1 N–H and O–H groups in total. The van der Waals surface area contributed by atoms with Gasteiger partial charge in [-0.3, -0.25) is 14.7 Å². The summed E-state index contributed by atoms with van der Waals surface area (Å²) in [5.41, 5.74) is 1.11. The quantitative estimate of drug-likeness (QED) is 0.898. The average Bonchev–Trinajstić information content (AvgIpc) is 2.48. The molecule has 23 heavy (non-hydrogen) atoms. The van der Waals surface area contributed by atoms with E-state index in [0.29, 0.717) is 17.7 Å². The fourth-order valence-corrected chi connectivity index (χ4v) is 3.49. The summed E-state index contributed by atoms with van der Waals surface area (Å²) in [5, 5.41) is 3.22. The van der Waals surface area contributed by atoms with Gasteiger partial charge in [0.1, 0.15) is 0 Å². The number of carbonyl (C=O) groups is 1. The van der Waals surface area contributed by atoms with Gasteiger partial charge in [-0.25, -0.2) is 0 Å². The number of pyridine rings is 1. The Morgan fingerprint density at radius 2 is 2.22 bits per heavy atom. The van der Waals surface area contributed by atoms with E-state index in [1.54, 1.807) is 11.8 Å². The Morgan fingerprint density at radius 3 is 2.83 bits per heavy atom. The number of nitrogens with one attached hydrogen (secondary N) is 1. The average molecular weight is 336 g/mol. The maximum atomic E-state index is 12.1. The number of hydrogen-bond donors (Lipinski definition) is 1. The molecule has 2 atom stereocenters. The third-order valence-corrected chi connectivity index (χ3v) is 5.36. The normalized spacial score (nSPS) is 22.8. The van der Waals surface area contributed by atoms with E-state index in [1.807, 2.05) is 18.3 Å². The number of carbonyl (C=O) groups excluding carboxylic acids is 1. The smallest absolute Gasteiger partial charge is 0.230 e. The van der Waals surface area contributed by atoms with Crippen molar-refractivity contribution in [2.75, 3.05) is 18.8 Å². The molecule has 1 aliphatic rings. The Labute approximate surface area is 144 Å². The molecule has 0 saturated carbocycles. The second-order valence-corrected chi connectivity index (χ2v) is 9.20. The van der Waals surface area contributed by atoms with Gasteiger partial charge < -0.3 is 5.32 Å². The molecule has 0 radical (unpaired) electrons. The number of likely N-dealkylation sites (tertiary alicyclic amines) is 1. The van der Waals surface area contributed by atoms with Gasteiger partial charge in [0.25, 0.3) is 0 Å². The van der Waals surface area contributed by atoms with Gasteiger partial charge in [-0.1, -0.05) is 33.8 Å². The fourth-order valence-electron chi connectivity index (χ4n) is 2.84. The maximum Gasteiger partial charge on any atom is 0.230 e. The van der Waals surface area contributed by atoms with Crippen LogP contribution in [0, 0.1) is 5.92 Å². The van der Waals surface area contributed by atoms with Crippen LogP contribution in [0.15, 0.2) is 24.4 Å². The highest BCUT2D eigenvalue weighted by Gasteiger charge is 2.27. The van der Waals surface area contributed by atoms with Gasteiger partial charge in [0.05, 0.1) is 11.4 Å². The minimum absolute atomic E-state index is 0.134. The molecule has 0 aromatic carbocycles. The Kier molecular flexibility index (Phi) is 6.48. The van der Waals surface area contributed by atoms with Crippen LogP contribution < -0.4 is 5.32 Å². The second-order valence-electron chi connectivity index (χ2n) is 7.40. The zero-order valence-corrected chi connectivity index (χ0v) is 15.5. The molecule has 1 aliphatic heterocycles. The van der Waals surface area contributed by atoms with Gasteiger partial charge >= 0.3 is 0 Å². The Bertz CT molecular complexity index is 501. The standard InChI is InChI=1S/C18H29N3OS/c1-14-11-21(12-15-7-5-6-9-19-15)10-8-16(14)20-17(22)13-23-18(2,3)4/h5-7,9,14,16H,8,10-13H2,1-4H3,(H,20,22)/t14-,16-/m0/s1. The first kappa shape index (κ1) is 18.3. The SMILES string of the molecule is C[C@H]1CN(Cc2ccccn2)CC[C@@H]1NC(=O)CSC(C)(C)C. The summed E-state index contributed by atoms with van der Waals surface area (Å²) in [6, 6.07) is 6.35. The monoisotopic (exact) mass is 335 g/mol. The Balaban J connectivity index is 1.76. The summed E-state index contributed by atoms with van der Waals surface area (Å²) >= 11 is 1.70. The van der Waals surface area contributed by atoms with Crippen LogP contribution in [0.3, 0.4) is 0 Å². The van der Waals surface area contributed by atoms with E-state index in [-0.39, 0.29) is 10.7 Å². The number of aromatic nitrogens is 1. The lowest BCUT2D eigenvalue weighted by atomic mass is 9.93. The van der Waals surface area contributed by atoms with Crippen LogP contribution in [0.4, 0.5) is 0 Å². The zero-order valence-electron chi connectivity index (χ0n) is 14.7. The van der Waals surface area contributed by atoms with Crippen molar-refractivity contribution in [3.05, 3.63) is 30.1 Å². The first-order valence-corrected chi connectivity index (χ1v) is 9.37. The fraction of sp³-hybridized carbons (Fsp3) is 0.667. The van der Waals surface area contributed by atoms with Crippen molar-refractivity contribution in [3.63, 3.8) is 0 Å². The van der Waals surface area contributed by atoms with E-state index in [4.69, 9.17) is 0 Å². The van der Waals surface area contributed by atoms with Crippen molar-refractivity contribution < 1.29 is 4.79 Å². The molecular weight excluding hydrogens is 306 g/mol. The summed E-state index contributed by atoms with van der Waals surface area (Å²) in [6.07, 6.45) is 2.86. The van der Waals surface area contributed by atoms with Gasteiger partial charge in [0.15, 0.2) is 0 Å². The molecule has 1 aromatic heterocycles. The van der Waals surface area contributed by atoms with Crippen LogP contribution in [0.5, 0.6) is 0 Å². The van der Waals surface area contributed by atoms with Crippen molar-refractivity contribution in [2.45, 2.75) is 51.4 Å². The van der Waals surface area contributed by atoms with Gasteiger partial charge in [0, 0.05) is 36.6 Å². The lowest BCUT2D eigenvalue weighted by Crippen LogP contribution is -2.50. The van der Waals surface area contributed by atoms with Crippen LogP contribution in [0.1, 0.15) is 39.8 Å². The third-order valence-electron chi connectivity index (χ3n) is 4.08. The number of nitrogens with zero attached hydrogens (tertiary/aromatic N) is 2. The molecule has 2 heterocycles. The highest BCUT2D eigenvalue weighted by molar-refractivity contribution is 8.01. The van der Waals surface area contributed by atoms with Crippen molar-refractivity contribution in [2.24, 2.45) is 5.92 Å². The number of amides is 1. The van der Waals surface area contributed by atoms with Crippen LogP contribution in [0.2, 0.25) is 0 Å². The zero-order chi connectivity index (χ0) is 16.9. The Morgan fingerprint density at radius 1 is 1.43 bits per heavy atom. The summed E-state index contributed by atoms with van der Waals surface area (Å²) < 4.78 is 0.134. The predicted molar refractivity (Wildman–Crippen MR) is 97.4 cm³/mol. The van der Waals surface area contributed by atoms with Gasteiger partial charge in [-0.15, -0.1) is 11.8 Å². The van der Waals surface area contributed by atoms with E-state index in [9.17, 15) is 4.79 Å². The lowest BCUT2D eigenvalue weighted by molar-refractivity contribution is -0.120. The molecule has 128 valence electrons. The highest BCUT2D eigenvalue weighted by atomic mass is 32.2. The van der Waals surface area contributed by atoms with Gasteiger partial charge in [-0.2, -0.15) is 0 Å². The van der Waals surface area contributed by atoms with Crippen LogP contribution in [-0.4, -0.2) is 45.4 Å². The number of piperidine rings is 1. The predicted octanol–water partition coefficient (Wildman–Crippen LogP) is 2.94. The molecule has 4 nitrogen and oxygen atoms in total. The highest BCUT2D eigenvalue weighted by Crippen LogP contribution is 2.23. The summed E-state index contributed by atoms with van der Waals surface area (Å²) in [4.78, 5) is 18.9. The summed E-state index contributed by atoms with van der Waals surface area (Å²) in [5.74, 6) is 1.18. The number of hydrogen-bond acceptors (Lipinski definition) is 4. The van der Waals surface area contributed by atoms with Crippen molar-refractivity contribution in [1.82, 2.24) is 15.2 Å². The molecule has 1 amide bonds. The van der Waals surface area contributed by atoms with Crippen molar-refractivity contribution in [3.8, 4) is 0 Å². The molecule has 0 unspecified atom stereocenters. The largest absolute Gasteiger partial charge is 0.352 e. The van der Waals surface area contributed by atoms with E-state index in [2.05, 4.69) is 49.0 Å². The van der Waals surface area contributed by atoms with E-state index in [1.165, 1.54) is 0 Å². The molecular formula is C18H29N3OS. The molecule has 0 aliphatic carbocycles. The molecule has 5 heteroatoms. The number of thioether (sulfide) groups is 1. The van der Waals surface area contributed by atoms with Crippen molar-refractivity contribution in [1.29, 1.82) is 0 Å². The van der Waals surface area contributed by atoms with E-state index < -0.39 is 0 Å². The molecule has 1 fully saturated rings. The molecule has 0 spiro atoms. The summed E-state index contributed by atoms with van der Waals surface area (Å²) in [6.45, 7) is 11.6. The molecule has 1 saturated heterocycles.